The number of hydrogen-bond acceptors (Lipinski definition) is 5. The van der Waals surface area contributed by atoms with Crippen molar-refractivity contribution in [2.24, 2.45) is 11.1 Å². The van der Waals surface area contributed by atoms with Crippen molar-refractivity contribution in [1.82, 2.24) is 0 Å². The second-order valence-electron chi connectivity index (χ2n) is 8.66. The maximum absolute atomic E-state index is 12.8. The van der Waals surface area contributed by atoms with Gasteiger partial charge in [-0.2, -0.15) is 0 Å². The van der Waals surface area contributed by atoms with Crippen molar-refractivity contribution < 1.29 is 29.3 Å². The number of hydrogen-bond donors (Lipinski definition) is 3. The van der Waals surface area contributed by atoms with Crippen LogP contribution in [0.15, 0.2) is 66.6 Å². The molecule has 1 saturated carbocycles. The molecule has 1 aliphatic carbocycles. The van der Waals surface area contributed by atoms with Crippen LogP contribution in [0, 0.1) is 17.3 Å². The average Bonchev–Trinajstić information content (AvgIpc) is 3.24. The van der Waals surface area contributed by atoms with Gasteiger partial charge < -0.3 is 25.4 Å². The van der Waals surface area contributed by atoms with E-state index in [2.05, 4.69) is 11.8 Å². The lowest BCUT2D eigenvalue weighted by atomic mass is 9.62. The Kier molecular flexibility index (Phi) is 6.30. The summed E-state index contributed by atoms with van der Waals surface area (Å²) < 4.78 is 11.5. The third-order valence-electron chi connectivity index (χ3n) is 6.29. The number of carbonyl (C=O) groups excluding carboxylic acids is 1. The Balaban J connectivity index is 1.66. The Morgan fingerprint density at radius 3 is 2.56 bits per heavy atom. The monoisotopic (exact) mass is 481 g/mol. The highest BCUT2D eigenvalue weighted by Crippen LogP contribution is 2.53. The van der Waals surface area contributed by atoms with Gasteiger partial charge in [-0.05, 0) is 43.0 Å². The third kappa shape index (κ3) is 4.35. The smallest absolute Gasteiger partial charge is 0.391 e. The highest BCUT2D eigenvalue weighted by Gasteiger charge is 2.70. The summed E-state index contributed by atoms with van der Waals surface area (Å²) in [5, 5.41) is 22.0. The van der Waals surface area contributed by atoms with Gasteiger partial charge in [0.05, 0.1) is 0 Å². The summed E-state index contributed by atoms with van der Waals surface area (Å²) in [6, 6.07) is 16.1. The number of aliphatic hydroxyl groups is 1. The maximum atomic E-state index is 12.8. The van der Waals surface area contributed by atoms with Crippen LogP contribution in [0.4, 0.5) is 0 Å². The molecule has 1 aliphatic heterocycles. The zero-order valence-electron chi connectivity index (χ0n) is 18.3. The first-order valence-corrected chi connectivity index (χ1v) is 11.2. The van der Waals surface area contributed by atoms with Gasteiger partial charge >= 0.3 is 11.8 Å². The molecule has 2 aromatic carbocycles. The SMILES string of the molecule is NC(=O)[C@]1(C2(C(=O)O)OC=C(Cc3ccccc3)O2)CCC[C@](O)(C#Cc2cccc(Cl)c2)C1. The van der Waals surface area contributed by atoms with E-state index in [1.165, 1.54) is 6.26 Å². The molecule has 0 spiro atoms. The van der Waals surface area contributed by atoms with E-state index in [1.807, 2.05) is 30.3 Å². The largest absolute Gasteiger partial charge is 0.475 e. The third-order valence-corrected chi connectivity index (χ3v) is 6.52. The minimum Gasteiger partial charge on any atom is -0.475 e. The van der Waals surface area contributed by atoms with Gasteiger partial charge in [0.2, 0.25) is 5.91 Å². The van der Waals surface area contributed by atoms with Crippen LogP contribution in [0.25, 0.3) is 0 Å². The fourth-order valence-electron chi connectivity index (χ4n) is 4.64. The summed E-state index contributed by atoms with van der Waals surface area (Å²) in [7, 11) is 0. The maximum Gasteiger partial charge on any atom is 0.391 e. The average molecular weight is 482 g/mol. The fourth-order valence-corrected chi connectivity index (χ4v) is 4.83. The number of carbonyl (C=O) groups is 2. The van der Waals surface area contributed by atoms with Crippen LogP contribution in [0.3, 0.4) is 0 Å². The molecule has 0 bridgehead atoms. The minimum atomic E-state index is -2.41. The number of halogens is 1. The van der Waals surface area contributed by atoms with Crippen LogP contribution in [0.2, 0.25) is 5.02 Å². The normalized spacial score (nSPS) is 28.0. The summed E-state index contributed by atoms with van der Waals surface area (Å²) in [5.74, 6) is 1.06. The second kappa shape index (κ2) is 9.05. The molecule has 1 heterocycles. The van der Waals surface area contributed by atoms with Gasteiger partial charge in [0.25, 0.3) is 0 Å². The van der Waals surface area contributed by atoms with Gasteiger partial charge in [0.1, 0.15) is 23.0 Å². The van der Waals surface area contributed by atoms with Crippen molar-refractivity contribution in [2.45, 2.75) is 43.5 Å². The predicted octanol–water partition coefficient (Wildman–Crippen LogP) is 3.38. The van der Waals surface area contributed by atoms with Gasteiger partial charge in [-0.25, -0.2) is 4.79 Å². The number of allylic oxidation sites excluding steroid dienone is 1. The number of amides is 1. The molecule has 0 saturated heterocycles. The van der Waals surface area contributed by atoms with E-state index in [1.54, 1.807) is 24.3 Å². The molecule has 1 unspecified atom stereocenters. The number of nitrogens with two attached hydrogens (primary N) is 1. The number of carboxylic acids is 1. The molecule has 176 valence electrons. The number of ether oxygens (including phenoxy) is 2. The number of carboxylic acid groups (broad SMARTS) is 1. The van der Waals surface area contributed by atoms with E-state index in [0.717, 1.165) is 5.56 Å². The van der Waals surface area contributed by atoms with E-state index < -0.39 is 28.7 Å². The Morgan fingerprint density at radius 2 is 1.88 bits per heavy atom. The molecule has 0 aromatic heterocycles. The van der Waals surface area contributed by atoms with Crippen LogP contribution in [-0.4, -0.2) is 33.5 Å². The highest BCUT2D eigenvalue weighted by atomic mass is 35.5. The van der Waals surface area contributed by atoms with Crippen molar-refractivity contribution >= 4 is 23.5 Å². The first-order chi connectivity index (χ1) is 16.2. The summed E-state index contributed by atoms with van der Waals surface area (Å²) in [4.78, 5) is 25.4. The molecular weight excluding hydrogens is 458 g/mol. The number of benzene rings is 2. The number of primary amides is 1. The van der Waals surface area contributed by atoms with Crippen LogP contribution in [-0.2, 0) is 25.5 Å². The van der Waals surface area contributed by atoms with Crippen molar-refractivity contribution in [2.75, 3.05) is 0 Å². The summed E-state index contributed by atoms with van der Waals surface area (Å²) in [6.07, 6.45) is 1.69. The van der Waals surface area contributed by atoms with Crippen LogP contribution >= 0.6 is 11.6 Å². The molecule has 0 radical (unpaired) electrons. The van der Waals surface area contributed by atoms with Crippen molar-refractivity contribution in [3.8, 4) is 11.8 Å². The van der Waals surface area contributed by atoms with Crippen LogP contribution in [0.5, 0.6) is 0 Å². The van der Waals surface area contributed by atoms with Gasteiger partial charge in [0.15, 0.2) is 0 Å². The van der Waals surface area contributed by atoms with Crippen LogP contribution < -0.4 is 5.73 Å². The topological polar surface area (TPSA) is 119 Å². The second-order valence-corrected chi connectivity index (χ2v) is 9.09. The Bertz CT molecular complexity index is 1200. The van der Waals surface area contributed by atoms with Gasteiger partial charge in [-0.1, -0.05) is 59.8 Å². The molecule has 1 fully saturated rings. The molecule has 4 rings (SSSR count). The van der Waals surface area contributed by atoms with Crippen LogP contribution in [0.1, 0.15) is 36.8 Å². The van der Waals surface area contributed by atoms with Gasteiger partial charge in [-0.15, -0.1) is 0 Å². The van der Waals surface area contributed by atoms with E-state index >= 15 is 0 Å². The molecule has 7 nitrogen and oxygen atoms in total. The molecule has 3 atom stereocenters. The van der Waals surface area contributed by atoms with E-state index in [-0.39, 0.29) is 31.4 Å². The lowest BCUT2D eigenvalue weighted by molar-refractivity contribution is -0.250. The fraction of sp³-hybridized carbons (Fsp3) is 0.308. The summed E-state index contributed by atoms with van der Waals surface area (Å²) in [6.45, 7) is 0. The first-order valence-electron chi connectivity index (χ1n) is 10.8. The zero-order valence-corrected chi connectivity index (χ0v) is 19.0. The number of aliphatic carboxylic acids is 1. The molecular formula is C26H24ClNO6. The predicted molar refractivity (Wildman–Crippen MR) is 124 cm³/mol. The number of rotatable bonds is 5. The highest BCUT2D eigenvalue weighted by molar-refractivity contribution is 6.30. The minimum absolute atomic E-state index is 0.0578. The van der Waals surface area contributed by atoms with E-state index in [9.17, 15) is 19.8 Å². The zero-order chi connectivity index (χ0) is 24.4. The molecule has 2 aromatic rings. The van der Waals surface area contributed by atoms with Crippen molar-refractivity contribution in [3.63, 3.8) is 0 Å². The Hall–Kier alpha value is -3.47. The van der Waals surface area contributed by atoms with Crippen molar-refractivity contribution in [1.29, 1.82) is 0 Å². The quantitative estimate of drug-likeness (QED) is 0.563. The van der Waals surface area contributed by atoms with E-state index in [0.29, 0.717) is 17.0 Å². The van der Waals surface area contributed by atoms with E-state index in [4.69, 9.17) is 26.8 Å². The Labute approximate surface area is 202 Å². The molecule has 1 amide bonds. The lowest BCUT2D eigenvalue weighted by Crippen LogP contribution is -2.65. The van der Waals surface area contributed by atoms with Crippen molar-refractivity contribution in [3.05, 3.63) is 82.8 Å². The molecule has 34 heavy (non-hydrogen) atoms. The lowest BCUT2D eigenvalue weighted by Gasteiger charge is -2.47. The standard InChI is InChI=1S/C26H24ClNO6/c27-20-9-4-8-19(14-20)10-13-24(32)11-5-12-25(17-24,22(28)29)26(23(30)31)33-16-21(34-26)15-18-6-2-1-3-7-18/h1-4,6-9,14,16,32H,5,11-12,15,17H2,(H2,28,29)(H,30,31)/t24-,25-,26?/m0/s1. The Morgan fingerprint density at radius 1 is 1.12 bits per heavy atom. The molecule has 4 N–H and O–H groups in total. The molecule has 8 heteroatoms. The first kappa shape index (κ1) is 23.7. The van der Waals surface area contributed by atoms with Gasteiger partial charge in [-0.3, -0.25) is 4.79 Å². The summed E-state index contributed by atoms with van der Waals surface area (Å²) in [5.41, 5.74) is 3.69. The van der Waals surface area contributed by atoms with Gasteiger partial charge in [0, 0.05) is 23.4 Å². The summed E-state index contributed by atoms with van der Waals surface area (Å²) >= 11 is 6.00. The molecule has 2 aliphatic rings.